The third kappa shape index (κ3) is 2.95. The second-order valence-corrected chi connectivity index (χ2v) is 3.11. The first-order valence-electron chi connectivity index (χ1n) is 3.82. The van der Waals surface area contributed by atoms with Gasteiger partial charge in [-0.3, -0.25) is 0 Å². The van der Waals surface area contributed by atoms with Gasteiger partial charge in [-0.1, -0.05) is 11.6 Å². The van der Waals surface area contributed by atoms with Crippen molar-refractivity contribution in [3.8, 4) is 0 Å². The van der Waals surface area contributed by atoms with E-state index in [0.29, 0.717) is 17.1 Å². The summed E-state index contributed by atoms with van der Waals surface area (Å²) in [6.45, 7) is 0.465. The lowest BCUT2D eigenvalue weighted by molar-refractivity contribution is -0.116. The summed E-state index contributed by atoms with van der Waals surface area (Å²) in [6.07, 6.45) is 0. The first kappa shape index (κ1) is 10.4. The highest BCUT2D eigenvalue weighted by Gasteiger charge is 2.04. The Hall–Kier alpha value is -0.640. The molecular formula is C9H11ClFNO. The Labute approximate surface area is 81.8 Å². The first-order chi connectivity index (χ1) is 6.13. The van der Waals surface area contributed by atoms with E-state index in [1.165, 1.54) is 18.2 Å². The van der Waals surface area contributed by atoms with Gasteiger partial charge in [0.2, 0.25) is 0 Å². The monoisotopic (exact) mass is 203 g/mol. The van der Waals surface area contributed by atoms with E-state index in [-0.39, 0.29) is 5.82 Å². The third-order valence-electron chi connectivity index (χ3n) is 1.71. The average molecular weight is 204 g/mol. The summed E-state index contributed by atoms with van der Waals surface area (Å²) >= 11 is 5.85. The molecule has 1 aromatic carbocycles. The van der Waals surface area contributed by atoms with E-state index >= 15 is 0 Å². The van der Waals surface area contributed by atoms with Crippen molar-refractivity contribution >= 4 is 11.6 Å². The topological polar surface area (TPSA) is 12.5 Å². The SMILES string of the molecule is CON(C)Cc1cc(F)ccc1Cl. The molecule has 2 nitrogen and oxygen atoms in total. The maximum atomic E-state index is 12.8. The molecule has 0 aliphatic heterocycles. The predicted molar refractivity (Wildman–Crippen MR) is 49.9 cm³/mol. The summed E-state index contributed by atoms with van der Waals surface area (Å²) in [5.74, 6) is -0.288. The minimum Gasteiger partial charge on any atom is -0.302 e. The van der Waals surface area contributed by atoms with Crippen LogP contribution in [0.25, 0.3) is 0 Å². The minimum atomic E-state index is -0.288. The highest BCUT2D eigenvalue weighted by Crippen LogP contribution is 2.18. The molecule has 0 atom stereocenters. The van der Waals surface area contributed by atoms with Gasteiger partial charge >= 0.3 is 0 Å². The Morgan fingerprint density at radius 2 is 2.23 bits per heavy atom. The number of benzene rings is 1. The van der Waals surface area contributed by atoms with Crippen LogP contribution in [0.2, 0.25) is 5.02 Å². The maximum absolute atomic E-state index is 12.8. The van der Waals surface area contributed by atoms with E-state index in [9.17, 15) is 4.39 Å². The second-order valence-electron chi connectivity index (χ2n) is 2.70. The molecule has 4 heteroatoms. The molecule has 1 rings (SSSR count). The zero-order chi connectivity index (χ0) is 9.84. The fourth-order valence-electron chi connectivity index (χ4n) is 0.969. The van der Waals surface area contributed by atoms with Crippen molar-refractivity contribution in [2.24, 2.45) is 0 Å². The molecule has 13 heavy (non-hydrogen) atoms. The van der Waals surface area contributed by atoms with Crippen LogP contribution in [0.4, 0.5) is 4.39 Å². The Balaban J connectivity index is 2.81. The van der Waals surface area contributed by atoms with Crippen LogP contribution >= 0.6 is 11.6 Å². The van der Waals surface area contributed by atoms with Gasteiger partial charge in [0.25, 0.3) is 0 Å². The lowest BCUT2D eigenvalue weighted by Crippen LogP contribution is -2.16. The summed E-state index contributed by atoms with van der Waals surface area (Å²) < 4.78 is 12.8. The van der Waals surface area contributed by atoms with E-state index in [2.05, 4.69) is 0 Å². The van der Waals surface area contributed by atoms with Gasteiger partial charge in [0.1, 0.15) is 5.82 Å². The molecule has 0 fully saturated rings. The van der Waals surface area contributed by atoms with Crippen LogP contribution in [0.1, 0.15) is 5.56 Å². The van der Waals surface area contributed by atoms with Crippen LogP contribution in [0, 0.1) is 5.82 Å². The molecule has 0 amide bonds. The van der Waals surface area contributed by atoms with Crippen molar-refractivity contribution in [2.75, 3.05) is 14.2 Å². The minimum absolute atomic E-state index is 0.288. The number of rotatable bonds is 3. The van der Waals surface area contributed by atoms with Gasteiger partial charge in [0.05, 0.1) is 13.7 Å². The fraction of sp³-hybridized carbons (Fsp3) is 0.333. The third-order valence-corrected chi connectivity index (χ3v) is 2.08. The van der Waals surface area contributed by atoms with Crippen LogP contribution in [0.3, 0.4) is 0 Å². The Morgan fingerprint density at radius 3 is 2.85 bits per heavy atom. The van der Waals surface area contributed by atoms with Crippen LogP contribution in [0.5, 0.6) is 0 Å². The largest absolute Gasteiger partial charge is 0.302 e. The highest BCUT2D eigenvalue weighted by atomic mass is 35.5. The summed E-state index contributed by atoms with van der Waals surface area (Å²) in [7, 11) is 3.30. The van der Waals surface area contributed by atoms with Crippen LogP contribution in [0.15, 0.2) is 18.2 Å². The smallest absolute Gasteiger partial charge is 0.123 e. The van der Waals surface area contributed by atoms with Crippen molar-refractivity contribution < 1.29 is 9.23 Å². The van der Waals surface area contributed by atoms with E-state index < -0.39 is 0 Å². The van der Waals surface area contributed by atoms with E-state index in [4.69, 9.17) is 16.4 Å². The van der Waals surface area contributed by atoms with Crippen molar-refractivity contribution in [3.63, 3.8) is 0 Å². The fourth-order valence-corrected chi connectivity index (χ4v) is 1.15. The molecule has 72 valence electrons. The molecule has 0 aromatic heterocycles. The molecule has 0 bridgehead atoms. The normalized spacial score (nSPS) is 10.8. The molecule has 0 unspecified atom stereocenters. The standard InChI is InChI=1S/C9H11ClFNO/c1-12(13-2)6-7-5-8(11)3-4-9(7)10/h3-5H,6H2,1-2H3. The van der Waals surface area contributed by atoms with Crippen molar-refractivity contribution in [1.29, 1.82) is 0 Å². The first-order valence-corrected chi connectivity index (χ1v) is 4.20. The number of hydrogen-bond acceptors (Lipinski definition) is 2. The van der Waals surface area contributed by atoms with Crippen LogP contribution < -0.4 is 0 Å². The van der Waals surface area contributed by atoms with Crippen LogP contribution in [-0.2, 0) is 11.4 Å². The number of hydroxylamine groups is 2. The van der Waals surface area contributed by atoms with E-state index in [0.717, 1.165) is 0 Å². The zero-order valence-corrected chi connectivity index (χ0v) is 8.31. The lowest BCUT2D eigenvalue weighted by Gasteiger charge is -2.14. The number of nitrogens with zero attached hydrogens (tertiary/aromatic N) is 1. The predicted octanol–water partition coefficient (Wildman–Crippen LogP) is 2.47. The van der Waals surface area contributed by atoms with Gasteiger partial charge in [0.15, 0.2) is 0 Å². The molecule has 0 spiro atoms. The Morgan fingerprint density at radius 1 is 1.54 bits per heavy atom. The molecule has 0 saturated carbocycles. The van der Waals surface area contributed by atoms with E-state index in [1.807, 2.05) is 0 Å². The molecule has 0 aliphatic carbocycles. The summed E-state index contributed by atoms with van der Waals surface area (Å²) in [4.78, 5) is 4.90. The number of halogens is 2. The average Bonchev–Trinajstić information content (AvgIpc) is 2.11. The quantitative estimate of drug-likeness (QED) is 0.700. The molecular weight excluding hydrogens is 193 g/mol. The van der Waals surface area contributed by atoms with Crippen molar-refractivity contribution in [3.05, 3.63) is 34.6 Å². The Kier molecular flexibility index (Phi) is 3.66. The molecule has 1 aromatic rings. The number of hydrogen-bond donors (Lipinski definition) is 0. The summed E-state index contributed by atoms with van der Waals surface area (Å²) in [6, 6.07) is 4.27. The molecule has 0 aliphatic rings. The zero-order valence-electron chi connectivity index (χ0n) is 7.55. The van der Waals surface area contributed by atoms with Gasteiger partial charge < -0.3 is 4.84 Å². The van der Waals surface area contributed by atoms with Crippen molar-refractivity contribution in [1.82, 2.24) is 5.06 Å². The summed E-state index contributed by atoms with van der Waals surface area (Å²) in [5, 5.41) is 2.12. The highest BCUT2D eigenvalue weighted by molar-refractivity contribution is 6.31. The van der Waals surface area contributed by atoms with Gasteiger partial charge in [-0.25, -0.2) is 4.39 Å². The summed E-state index contributed by atoms with van der Waals surface area (Å²) in [5.41, 5.74) is 0.714. The Bertz CT molecular complexity index is 293. The lowest BCUT2D eigenvalue weighted by atomic mass is 10.2. The van der Waals surface area contributed by atoms with E-state index in [1.54, 1.807) is 19.2 Å². The van der Waals surface area contributed by atoms with Gasteiger partial charge in [-0.2, -0.15) is 5.06 Å². The molecule has 0 radical (unpaired) electrons. The van der Waals surface area contributed by atoms with Gasteiger partial charge in [0, 0.05) is 12.1 Å². The second kappa shape index (κ2) is 4.56. The molecule has 0 heterocycles. The van der Waals surface area contributed by atoms with Gasteiger partial charge in [-0.05, 0) is 23.8 Å². The molecule has 0 N–H and O–H groups in total. The van der Waals surface area contributed by atoms with Crippen LogP contribution in [-0.4, -0.2) is 19.2 Å². The maximum Gasteiger partial charge on any atom is 0.123 e. The van der Waals surface area contributed by atoms with Crippen molar-refractivity contribution in [2.45, 2.75) is 6.54 Å². The van der Waals surface area contributed by atoms with Gasteiger partial charge in [-0.15, -0.1) is 0 Å². The molecule has 0 saturated heterocycles.